The molecule has 1 nitrogen and oxygen atoms in total. The highest BCUT2D eigenvalue weighted by molar-refractivity contribution is 9.11. The summed E-state index contributed by atoms with van der Waals surface area (Å²) in [5.74, 6) is 0. The molecule has 0 fully saturated rings. The Morgan fingerprint density at radius 3 is 2.65 bits per heavy atom. The van der Waals surface area contributed by atoms with Gasteiger partial charge in [0.05, 0.1) is 0 Å². The molecule has 88 valence electrons. The fraction of sp³-hybridized carbons (Fsp3) is 0.143. The van der Waals surface area contributed by atoms with Gasteiger partial charge in [-0.25, -0.2) is 0 Å². The molecule has 2 rings (SSSR count). The zero-order valence-corrected chi connectivity index (χ0v) is 12.7. The number of rotatable bonds is 3. The van der Waals surface area contributed by atoms with E-state index in [0.717, 1.165) is 21.2 Å². The number of benzene rings is 2. The first-order valence-electron chi connectivity index (χ1n) is 5.39. The summed E-state index contributed by atoms with van der Waals surface area (Å²) in [5, 5.41) is 3.42. The minimum absolute atomic E-state index is 0.830. The average Bonchev–Trinajstić information content (AvgIpc) is 2.30. The Morgan fingerprint density at radius 2 is 1.88 bits per heavy atom. The molecule has 0 aliphatic heterocycles. The van der Waals surface area contributed by atoms with E-state index in [2.05, 4.69) is 74.4 Å². The average molecular weight is 355 g/mol. The van der Waals surface area contributed by atoms with Crippen LogP contribution >= 0.6 is 31.9 Å². The number of hydrogen-bond acceptors (Lipinski definition) is 1. The van der Waals surface area contributed by atoms with Crippen LogP contribution in [0.2, 0.25) is 0 Å². The summed E-state index contributed by atoms with van der Waals surface area (Å²) in [5.41, 5.74) is 3.68. The van der Waals surface area contributed by atoms with E-state index in [1.807, 2.05) is 12.1 Å². The van der Waals surface area contributed by atoms with Crippen LogP contribution in [0.4, 0.5) is 5.69 Å². The predicted octanol–water partition coefficient (Wildman–Crippen LogP) is 5.13. The van der Waals surface area contributed by atoms with Crippen LogP contribution in [0.25, 0.3) is 0 Å². The van der Waals surface area contributed by atoms with Gasteiger partial charge in [0, 0.05) is 21.2 Å². The summed E-state index contributed by atoms with van der Waals surface area (Å²) in [6.45, 7) is 2.94. The van der Waals surface area contributed by atoms with Crippen LogP contribution in [0.1, 0.15) is 11.1 Å². The van der Waals surface area contributed by atoms with Gasteiger partial charge >= 0.3 is 0 Å². The van der Waals surface area contributed by atoms with E-state index in [0.29, 0.717) is 0 Å². The zero-order chi connectivity index (χ0) is 12.3. The fourth-order valence-electron chi connectivity index (χ4n) is 1.65. The summed E-state index contributed by atoms with van der Waals surface area (Å²) in [4.78, 5) is 0. The molecule has 0 aliphatic carbocycles. The Bertz CT molecular complexity index is 523. The standard InChI is InChI=1S/C14H13Br2N/c1-10-3-2-4-11(7-10)9-17-14-8-12(15)5-6-13(14)16/h2-8,17H,9H2,1H3. The molecule has 0 bridgehead atoms. The maximum absolute atomic E-state index is 3.54. The highest BCUT2D eigenvalue weighted by Gasteiger charge is 2.00. The molecule has 0 aliphatic rings. The number of nitrogens with one attached hydrogen (secondary N) is 1. The van der Waals surface area contributed by atoms with Crippen molar-refractivity contribution < 1.29 is 0 Å². The van der Waals surface area contributed by atoms with E-state index in [4.69, 9.17) is 0 Å². The van der Waals surface area contributed by atoms with E-state index < -0.39 is 0 Å². The van der Waals surface area contributed by atoms with Crippen LogP contribution < -0.4 is 5.32 Å². The first-order valence-corrected chi connectivity index (χ1v) is 6.98. The van der Waals surface area contributed by atoms with Gasteiger partial charge in [-0.15, -0.1) is 0 Å². The van der Waals surface area contributed by atoms with E-state index in [1.165, 1.54) is 11.1 Å². The Morgan fingerprint density at radius 1 is 1.06 bits per heavy atom. The third-order valence-corrected chi connectivity index (χ3v) is 3.68. The molecule has 3 heteroatoms. The SMILES string of the molecule is Cc1cccc(CNc2cc(Br)ccc2Br)c1. The van der Waals surface area contributed by atoms with Crippen LogP contribution in [0.15, 0.2) is 51.4 Å². The van der Waals surface area contributed by atoms with Gasteiger partial charge in [-0.05, 0) is 46.6 Å². The molecule has 2 aromatic rings. The first-order chi connectivity index (χ1) is 8.15. The summed E-state index contributed by atoms with van der Waals surface area (Å²) in [6, 6.07) is 14.6. The van der Waals surface area contributed by atoms with E-state index >= 15 is 0 Å². The molecule has 0 atom stereocenters. The number of halogens is 2. The van der Waals surface area contributed by atoms with Crippen molar-refractivity contribution in [1.29, 1.82) is 0 Å². The Hall–Kier alpha value is -0.800. The van der Waals surface area contributed by atoms with Crippen molar-refractivity contribution in [1.82, 2.24) is 0 Å². The molecule has 0 saturated carbocycles. The van der Waals surface area contributed by atoms with Crippen molar-refractivity contribution in [3.05, 3.63) is 62.5 Å². The molecule has 0 spiro atoms. The maximum Gasteiger partial charge on any atom is 0.0498 e. The smallest absolute Gasteiger partial charge is 0.0498 e. The highest BCUT2D eigenvalue weighted by Crippen LogP contribution is 2.26. The van der Waals surface area contributed by atoms with Gasteiger partial charge in [-0.3, -0.25) is 0 Å². The molecular weight excluding hydrogens is 342 g/mol. The lowest BCUT2D eigenvalue weighted by Gasteiger charge is -2.09. The molecule has 2 aromatic carbocycles. The largest absolute Gasteiger partial charge is 0.380 e. The molecule has 0 amide bonds. The summed E-state index contributed by atoms with van der Waals surface area (Å²) in [6.07, 6.45) is 0. The first kappa shape index (κ1) is 12.7. The van der Waals surface area contributed by atoms with Crippen LogP contribution in [-0.2, 0) is 6.54 Å². The molecule has 0 unspecified atom stereocenters. The second kappa shape index (κ2) is 5.69. The monoisotopic (exact) mass is 353 g/mol. The predicted molar refractivity (Wildman–Crippen MR) is 80.3 cm³/mol. The Kier molecular flexibility index (Phi) is 4.24. The van der Waals surface area contributed by atoms with Gasteiger partial charge in [-0.2, -0.15) is 0 Å². The van der Waals surface area contributed by atoms with Gasteiger partial charge < -0.3 is 5.32 Å². The van der Waals surface area contributed by atoms with E-state index in [9.17, 15) is 0 Å². The number of hydrogen-bond donors (Lipinski definition) is 1. The second-order valence-electron chi connectivity index (χ2n) is 3.97. The summed E-state index contributed by atoms with van der Waals surface area (Å²) < 4.78 is 2.15. The molecule has 1 N–H and O–H groups in total. The van der Waals surface area contributed by atoms with Gasteiger partial charge in [0.25, 0.3) is 0 Å². The van der Waals surface area contributed by atoms with Crippen LogP contribution in [0, 0.1) is 6.92 Å². The van der Waals surface area contributed by atoms with Gasteiger partial charge in [0.15, 0.2) is 0 Å². The van der Waals surface area contributed by atoms with Crippen LogP contribution in [0.5, 0.6) is 0 Å². The van der Waals surface area contributed by atoms with Gasteiger partial charge in [0.1, 0.15) is 0 Å². The molecule has 0 aromatic heterocycles. The topological polar surface area (TPSA) is 12.0 Å². The minimum atomic E-state index is 0.830. The Balaban J connectivity index is 2.09. The zero-order valence-electron chi connectivity index (χ0n) is 9.50. The van der Waals surface area contributed by atoms with Crippen molar-refractivity contribution in [2.45, 2.75) is 13.5 Å². The van der Waals surface area contributed by atoms with Crippen molar-refractivity contribution in [3.8, 4) is 0 Å². The quantitative estimate of drug-likeness (QED) is 0.805. The molecule has 0 saturated heterocycles. The van der Waals surface area contributed by atoms with E-state index in [-0.39, 0.29) is 0 Å². The fourth-order valence-corrected chi connectivity index (χ4v) is 2.40. The minimum Gasteiger partial charge on any atom is -0.380 e. The third kappa shape index (κ3) is 3.58. The Labute approximate surface area is 119 Å². The van der Waals surface area contributed by atoms with E-state index in [1.54, 1.807) is 0 Å². The lowest BCUT2D eigenvalue weighted by Crippen LogP contribution is -2.00. The molecular formula is C14H13Br2N. The van der Waals surface area contributed by atoms with Crippen molar-refractivity contribution >= 4 is 37.5 Å². The maximum atomic E-state index is 3.54. The molecule has 0 radical (unpaired) electrons. The highest BCUT2D eigenvalue weighted by atomic mass is 79.9. The van der Waals surface area contributed by atoms with Crippen LogP contribution in [0.3, 0.4) is 0 Å². The lowest BCUT2D eigenvalue weighted by molar-refractivity contribution is 1.14. The summed E-state index contributed by atoms with van der Waals surface area (Å²) in [7, 11) is 0. The number of anilines is 1. The molecule has 0 heterocycles. The summed E-state index contributed by atoms with van der Waals surface area (Å²) >= 11 is 7.01. The molecule has 17 heavy (non-hydrogen) atoms. The van der Waals surface area contributed by atoms with Gasteiger partial charge in [-0.1, -0.05) is 45.8 Å². The van der Waals surface area contributed by atoms with Crippen molar-refractivity contribution in [2.75, 3.05) is 5.32 Å². The normalized spacial score (nSPS) is 10.3. The number of aryl methyl sites for hydroxylation is 1. The second-order valence-corrected chi connectivity index (χ2v) is 5.74. The van der Waals surface area contributed by atoms with Crippen molar-refractivity contribution in [3.63, 3.8) is 0 Å². The van der Waals surface area contributed by atoms with Crippen molar-refractivity contribution in [2.24, 2.45) is 0 Å². The van der Waals surface area contributed by atoms with Crippen LogP contribution in [-0.4, -0.2) is 0 Å². The van der Waals surface area contributed by atoms with Gasteiger partial charge in [0.2, 0.25) is 0 Å². The third-order valence-electron chi connectivity index (χ3n) is 2.49. The lowest BCUT2D eigenvalue weighted by atomic mass is 10.1.